The van der Waals surface area contributed by atoms with E-state index in [2.05, 4.69) is 30.4 Å². The number of nitrogens with one attached hydrogen (secondary N) is 1. The van der Waals surface area contributed by atoms with Crippen LogP contribution in [0.25, 0.3) is 11.1 Å². The summed E-state index contributed by atoms with van der Waals surface area (Å²) in [5.74, 6) is 1.94. The Hall–Kier alpha value is -1.56. The van der Waals surface area contributed by atoms with Crippen LogP contribution in [0.1, 0.15) is 40.2 Å². The van der Waals surface area contributed by atoms with E-state index in [9.17, 15) is 4.79 Å². The molecule has 1 aromatic carbocycles. The van der Waals surface area contributed by atoms with Gasteiger partial charge in [0.1, 0.15) is 5.75 Å². The molecular weight excluding hydrogens is 392 g/mol. The highest BCUT2D eigenvalue weighted by Gasteiger charge is 2.27. The van der Waals surface area contributed by atoms with Crippen LogP contribution in [0.2, 0.25) is 0 Å². The van der Waals surface area contributed by atoms with Gasteiger partial charge in [-0.1, -0.05) is 12.1 Å². The molecule has 1 saturated carbocycles. The zero-order valence-corrected chi connectivity index (χ0v) is 18.2. The van der Waals surface area contributed by atoms with Crippen LogP contribution in [-0.4, -0.2) is 43.6 Å². The lowest BCUT2D eigenvalue weighted by molar-refractivity contribution is 0.0710. The molecule has 2 heterocycles. The smallest absolute Gasteiger partial charge is 0.263 e. The maximum atomic E-state index is 13.0. The van der Waals surface area contributed by atoms with Gasteiger partial charge in [-0.25, -0.2) is 0 Å². The average molecular weight is 421 g/mol. The minimum absolute atomic E-state index is 0. The first-order valence-electron chi connectivity index (χ1n) is 9.91. The summed E-state index contributed by atoms with van der Waals surface area (Å²) in [6.45, 7) is 4.97. The summed E-state index contributed by atoms with van der Waals surface area (Å²) in [5.41, 5.74) is 2.28. The number of hydrogen-bond acceptors (Lipinski definition) is 4. The van der Waals surface area contributed by atoms with Crippen molar-refractivity contribution < 1.29 is 9.53 Å². The number of thiophene rings is 1. The SMILES string of the molecule is COc1ccc(-c2cc(C(=O)N3CCC(NCC4CC4)CC3)sc2C)cc1.Cl. The molecule has 2 aliphatic rings. The maximum Gasteiger partial charge on any atom is 0.263 e. The molecule has 1 aliphatic heterocycles. The van der Waals surface area contributed by atoms with Crippen molar-refractivity contribution in [2.45, 2.75) is 38.6 Å². The van der Waals surface area contributed by atoms with Crippen LogP contribution >= 0.6 is 23.7 Å². The number of nitrogens with zero attached hydrogens (tertiary/aromatic N) is 1. The molecule has 28 heavy (non-hydrogen) atoms. The van der Waals surface area contributed by atoms with Gasteiger partial charge in [0.25, 0.3) is 5.91 Å². The molecule has 0 radical (unpaired) electrons. The monoisotopic (exact) mass is 420 g/mol. The lowest BCUT2D eigenvalue weighted by atomic mass is 10.0. The summed E-state index contributed by atoms with van der Waals surface area (Å²) >= 11 is 1.61. The molecule has 2 fully saturated rings. The van der Waals surface area contributed by atoms with Gasteiger partial charge >= 0.3 is 0 Å². The quantitative estimate of drug-likeness (QED) is 0.732. The Morgan fingerprint density at radius 2 is 1.86 bits per heavy atom. The Morgan fingerprint density at radius 3 is 2.46 bits per heavy atom. The Balaban J connectivity index is 0.00000225. The molecule has 4 rings (SSSR count). The van der Waals surface area contributed by atoms with Gasteiger partial charge in [0.2, 0.25) is 0 Å². The predicted molar refractivity (Wildman–Crippen MR) is 118 cm³/mol. The molecule has 0 atom stereocenters. The van der Waals surface area contributed by atoms with E-state index in [0.29, 0.717) is 6.04 Å². The Labute approximate surface area is 177 Å². The zero-order valence-electron chi connectivity index (χ0n) is 16.6. The summed E-state index contributed by atoms with van der Waals surface area (Å²) in [4.78, 5) is 17.0. The van der Waals surface area contributed by atoms with Crippen molar-refractivity contribution in [3.05, 3.63) is 40.1 Å². The molecule has 1 amide bonds. The molecule has 152 valence electrons. The summed E-state index contributed by atoms with van der Waals surface area (Å²) in [6, 6.07) is 10.7. The van der Waals surface area contributed by atoms with E-state index in [1.165, 1.54) is 17.7 Å². The van der Waals surface area contributed by atoms with Gasteiger partial charge < -0.3 is 15.0 Å². The fraction of sp³-hybridized carbons (Fsp3) is 0.500. The number of ether oxygens (including phenoxy) is 1. The van der Waals surface area contributed by atoms with Gasteiger partial charge in [0.15, 0.2) is 0 Å². The minimum atomic E-state index is 0. The standard InChI is InChI=1S/C22H28N2O2S.ClH/c1-15-20(17-5-7-19(26-2)8-6-17)13-21(27-15)22(25)24-11-9-18(10-12-24)23-14-16-3-4-16;/h5-8,13,16,18,23H,3-4,9-12,14H2,1-2H3;1H. The molecule has 0 unspecified atom stereocenters. The van der Waals surface area contributed by atoms with E-state index >= 15 is 0 Å². The molecule has 1 aromatic heterocycles. The highest BCUT2D eigenvalue weighted by molar-refractivity contribution is 7.14. The van der Waals surface area contributed by atoms with Gasteiger partial charge in [-0.3, -0.25) is 4.79 Å². The number of likely N-dealkylation sites (tertiary alicyclic amines) is 1. The van der Waals surface area contributed by atoms with E-state index < -0.39 is 0 Å². The second-order valence-electron chi connectivity index (χ2n) is 7.73. The van der Waals surface area contributed by atoms with E-state index in [1.54, 1.807) is 18.4 Å². The molecule has 0 spiro atoms. The Morgan fingerprint density at radius 1 is 1.18 bits per heavy atom. The van der Waals surface area contributed by atoms with Crippen molar-refractivity contribution >= 4 is 29.7 Å². The number of hydrogen-bond donors (Lipinski definition) is 1. The largest absolute Gasteiger partial charge is 0.497 e. The van der Waals surface area contributed by atoms with Crippen LogP contribution in [-0.2, 0) is 0 Å². The molecular formula is C22H29ClN2O2S. The Kier molecular flexibility index (Phi) is 7.02. The third kappa shape index (κ3) is 4.88. The van der Waals surface area contributed by atoms with E-state index in [1.807, 2.05) is 17.0 Å². The predicted octanol–water partition coefficient (Wildman–Crippen LogP) is 4.76. The number of amides is 1. The normalized spacial score (nSPS) is 17.3. The number of aryl methyl sites for hydroxylation is 1. The first kappa shape index (κ1) is 21.2. The number of carbonyl (C=O) groups is 1. The third-order valence-electron chi connectivity index (χ3n) is 5.70. The molecule has 0 bridgehead atoms. The second kappa shape index (κ2) is 9.29. The minimum Gasteiger partial charge on any atom is -0.497 e. The van der Waals surface area contributed by atoms with Gasteiger partial charge in [-0.05, 0) is 74.4 Å². The maximum absolute atomic E-state index is 13.0. The second-order valence-corrected chi connectivity index (χ2v) is 8.98. The van der Waals surface area contributed by atoms with Crippen molar-refractivity contribution in [2.24, 2.45) is 5.92 Å². The van der Waals surface area contributed by atoms with Crippen molar-refractivity contribution in [3.63, 3.8) is 0 Å². The topological polar surface area (TPSA) is 41.6 Å². The molecule has 1 aliphatic carbocycles. The number of halogens is 1. The molecule has 1 saturated heterocycles. The van der Waals surface area contributed by atoms with E-state index in [0.717, 1.165) is 60.1 Å². The number of benzene rings is 1. The molecule has 1 N–H and O–H groups in total. The van der Waals surface area contributed by atoms with Crippen molar-refractivity contribution in [1.82, 2.24) is 10.2 Å². The first-order chi connectivity index (χ1) is 13.1. The van der Waals surface area contributed by atoms with Crippen LogP contribution in [0.3, 0.4) is 0 Å². The fourth-order valence-corrected chi connectivity index (χ4v) is 4.75. The molecule has 2 aromatic rings. The lowest BCUT2D eigenvalue weighted by Crippen LogP contribution is -2.45. The van der Waals surface area contributed by atoms with E-state index in [4.69, 9.17) is 4.74 Å². The van der Waals surface area contributed by atoms with Crippen molar-refractivity contribution in [2.75, 3.05) is 26.7 Å². The van der Waals surface area contributed by atoms with Crippen LogP contribution in [0, 0.1) is 12.8 Å². The van der Waals surface area contributed by atoms with Gasteiger partial charge in [0.05, 0.1) is 12.0 Å². The third-order valence-corrected chi connectivity index (χ3v) is 6.74. The van der Waals surface area contributed by atoms with Crippen LogP contribution in [0.5, 0.6) is 5.75 Å². The van der Waals surface area contributed by atoms with Crippen LogP contribution in [0.4, 0.5) is 0 Å². The first-order valence-corrected chi connectivity index (χ1v) is 10.7. The molecule has 4 nitrogen and oxygen atoms in total. The average Bonchev–Trinajstić information content (AvgIpc) is 3.46. The van der Waals surface area contributed by atoms with Crippen LogP contribution < -0.4 is 10.1 Å². The van der Waals surface area contributed by atoms with E-state index in [-0.39, 0.29) is 18.3 Å². The summed E-state index contributed by atoms with van der Waals surface area (Å²) in [5, 5.41) is 3.68. The number of methoxy groups -OCH3 is 1. The Bertz CT molecular complexity index is 793. The zero-order chi connectivity index (χ0) is 18.8. The van der Waals surface area contributed by atoms with Crippen molar-refractivity contribution in [3.8, 4) is 16.9 Å². The molecule has 6 heteroatoms. The highest BCUT2D eigenvalue weighted by Crippen LogP contribution is 2.33. The summed E-state index contributed by atoms with van der Waals surface area (Å²) in [6.07, 6.45) is 4.90. The summed E-state index contributed by atoms with van der Waals surface area (Å²) < 4.78 is 5.24. The van der Waals surface area contributed by atoms with Gasteiger partial charge in [0, 0.05) is 24.0 Å². The lowest BCUT2D eigenvalue weighted by Gasteiger charge is -2.32. The van der Waals surface area contributed by atoms with Crippen molar-refractivity contribution in [1.29, 1.82) is 0 Å². The van der Waals surface area contributed by atoms with Gasteiger partial charge in [-0.2, -0.15) is 0 Å². The number of rotatable bonds is 6. The fourth-order valence-electron chi connectivity index (χ4n) is 3.74. The number of piperidine rings is 1. The number of carbonyl (C=O) groups excluding carboxylic acids is 1. The van der Waals surface area contributed by atoms with Gasteiger partial charge in [-0.15, -0.1) is 23.7 Å². The van der Waals surface area contributed by atoms with Crippen LogP contribution in [0.15, 0.2) is 30.3 Å². The summed E-state index contributed by atoms with van der Waals surface area (Å²) in [7, 11) is 1.67. The highest BCUT2D eigenvalue weighted by atomic mass is 35.5.